The fraction of sp³-hybridized carbons (Fsp3) is 0.188. The maximum absolute atomic E-state index is 11.3. The summed E-state index contributed by atoms with van der Waals surface area (Å²) >= 11 is 1.67. The summed E-state index contributed by atoms with van der Waals surface area (Å²) in [7, 11) is 0. The van der Waals surface area contributed by atoms with Gasteiger partial charge < -0.3 is 11.1 Å². The molecule has 3 nitrogen and oxygen atoms in total. The highest BCUT2D eigenvalue weighted by Crippen LogP contribution is 2.29. The minimum atomic E-state index is -0.181. The lowest BCUT2D eigenvalue weighted by atomic mass is 10.2. The van der Waals surface area contributed by atoms with Crippen LogP contribution < -0.4 is 11.1 Å². The van der Waals surface area contributed by atoms with E-state index in [0.717, 1.165) is 17.0 Å². The summed E-state index contributed by atoms with van der Waals surface area (Å²) < 4.78 is 0. The van der Waals surface area contributed by atoms with Crippen LogP contribution in [0.1, 0.15) is 12.5 Å². The summed E-state index contributed by atoms with van der Waals surface area (Å²) in [6, 6.07) is 16.3. The molecule has 0 aliphatic carbocycles. The van der Waals surface area contributed by atoms with Crippen LogP contribution in [-0.2, 0) is 11.2 Å². The Morgan fingerprint density at radius 1 is 1.15 bits per heavy atom. The molecule has 0 bridgehead atoms. The fourth-order valence-corrected chi connectivity index (χ4v) is 2.66. The molecule has 3 N–H and O–H groups in total. The Balaban J connectivity index is 2.08. The molecule has 1 amide bonds. The van der Waals surface area contributed by atoms with E-state index in [0.29, 0.717) is 0 Å². The van der Waals surface area contributed by atoms with Crippen molar-refractivity contribution >= 4 is 23.4 Å². The molecule has 2 rings (SSSR count). The van der Waals surface area contributed by atoms with Gasteiger partial charge in [-0.05, 0) is 42.3 Å². The van der Waals surface area contributed by atoms with Crippen molar-refractivity contribution in [3.63, 3.8) is 0 Å². The molecule has 4 heteroatoms. The molecule has 0 aromatic heterocycles. The van der Waals surface area contributed by atoms with E-state index in [2.05, 4.69) is 36.5 Å². The largest absolute Gasteiger partial charge is 0.325 e. The van der Waals surface area contributed by atoms with E-state index in [1.807, 2.05) is 24.3 Å². The second-order valence-electron chi connectivity index (χ2n) is 4.38. The normalized spacial score (nSPS) is 10.3. The number of hydrogen-bond acceptors (Lipinski definition) is 3. The van der Waals surface area contributed by atoms with Crippen molar-refractivity contribution in [3.8, 4) is 0 Å². The van der Waals surface area contributed by atoms with Crippen molar-refractivity contribution < 1.29 is 4.79 Å². The molecule has 0 radical (unpaired) electrons. The molecule has 2 aromatic carbocycles. The highest BCUT2D eigenvalue weighted by atomic mass is 32.2. The summed E-state index contributed by atoms with van der Waals surface area (Å²) in [6.07, 6.45) is 1.05. The molecule has 20 heavy (non-hydrogen) atoms. The van der Waals surface area contributed by atoms with Gasteiger partial charge in [-0.25, -0.2) is 0 Å². The quantitative estimate of drug-likeness (QED) is 0.886. The van der Waals surface area contributed by atoms with Gasteiger partial charge in [-0.15, -0.1) is 0 Å². The van der Waals surface area contributed by atoms with E-state index in [1.165, 1.54) is 10.5 Å². The van der Waals surface area contributed by atoms with Gasteiger partial charge in [-0.2, -0.15) is 0 Å². The molecule has 104 valence electrons. The molecule has 0 spiro atoms. The maximum Gasteiger partial charge on any atom is 0.238 e. The average Bonchev–Trinajstić information content (AvgIpc) is 2.48. The summed E-state index contributed by atoms with van der Waals surface area (Å²) in [5.74, 6) is -0.181. The molecule has 2 aromatic rings. The zero-order valence-corrected chi connectivity index (χ0v) is 12.2. The van der Waals surface area contributed by atoms with Gasteiger partial charge in [0.25, 0.3) is 0 Å². The Labute approximate surface area is 123 Å². The van der Waals surface area contributed by atoms with Gasteiger partial charge in [-0.3, -0.25) is 4.79 Å². The number of carbonyl (C=O) groups is 1. The monoisotopic (exact) mass is 286 g/mol. The predicted molar refractivity (Wildman–Crippen MR) is 84.1 cm³/mol. The van der Waals surface area contributed by atoms with Crippen LogP contribution in [0.25, 0.3) is 0 Å². The summed E-state index contributed by atoms with van der Waals surface area (Å²) in [5, 5.41) is 2.76. The molecule has 0 fully saturated rings. The van der Waals surface area contributed by atoms with Crippen LogP contribution in [0, 0.1) is 0 Å². The number of aryl methyl sites for hydroxylation is 1. The molecular formula is C16H18N2OS. The lowest BCUT2D eigenvalue weighted by molar-refractivity contribution is -0.114. The second kappa shape index (κ2) is 7.12. The van der Waals surface area contributed by atoms with E-state index in [4.69, 9.17) is 5.73 Å². The van der Waals surface area contributed by atoms with Gasteiger partial charge in [-0.1, -0.05) is 36.9 Å². The zero-order chi connectivity index (χ0) is 14.4. The number of benzene rings is 2. The van der Waals surface area contributed by atoms with Crippen molar-refractivity contribution in [1.29, 1.82) is 0 Å². The van der Waals surface area contributed by atoms with E-state index in [-0.39, 0.29) is 12.5 Å². The van der Waals surface area contributed by atoms with E-state index < -0.39 is 0 Å². The van der Waals surface area contributed by atoms with Crippen LogP contribution in [0.4, 0.5) is 5.69 Å². The van der Waals surface area contributed by atoms with Gasteiger partial charge in [0.05, 0.1) is 6.54 Å². The van der Waals surface area contributed by atoms with Gasteiger partial charge >= 0.3 is 0 Å². The minimum absolute atomic E-state index is 0.00412. The standard InChI is InChI=1S/C16H18N2OS/c1-2-12-6-8-14(9-7-12)20-15-5-3-4-13(10-15)18-16(19)11-17/h3-10H,2,11,17H2,1H3,(H,18,19). The molecular weight excluding hydrogens is 268 g/mol. The van der Waals surface area contributed by atoms with Crippen LogP contribution in [0.2, 0.25) is 0 Å². The molecule has 0 saturated heterocycles. The molecule has 0 unspecified atom stereocenters. The second-order valence-corrected chi connectivity index (χ2v) is 5.53. The summed E-state index contributed by atoms with van der Waals surface area (Å²) in [5.41, 5.74) is 7.40. The lowest BCUT2D eigenvalue weighted by Crippen LogP contribution is -2.21. The Bertz CT molecular complexity index is 581. The van der Waals surface area contributed by atoms with Crippen molar-refractivity contribution in [3.05, 3.63) is 54.1 Å². The van der Waals surface area contributed by atoms with Crippen LogP contribution >= 0.6 is 11.8 Å². The van der Waals surface area contributed by atoms with Gasteiger partial charge in [0.1, 0.15) is 0 Å². The lowest BCUT2D eigenvalue weighted by Gasteiger charge is -2.07. The third-order valence-corrected chi connectivity index (χ3v) is 3.87. The van der Waals surface area contributed by atoms with E-state index in [1.54, 1.807) is 11.8 Å². The van der Waals surface area contributed by atoms with Crippen LogP contribution in [0.3, 0.4) is 0 Å². The SMILES string of the molecule is CCc1ccc(Sc2cccc(NC(=O)CN)c2)cc1. The zero-order valence-electron chi connectivity index (χ0n) is 11.4. The van der Waals surface area contributed by atoms with Crippen molar-refractivity contribution in [2.45, 2.75) is 23.1 Å². The van der Waals surface area contributed by atoms with Crippen LogP contribution in [-0.4, -0.2) is 12.5 Å². The first-order valence-corrected chi connectivity index (χ1v) is 7.39. The third-order valence-electron chi connectivity index (χ3n) is 2.87. The van der Waals surface area contributed by atoms with Crippen LogP contribution in [0.5, 0.6) is 0 Å². The van der Waals surface area contributed by atoms with E-state index in [9.17, 15) is 4.79 Å². The molecule has 0 heterocycles. The number of rotatable bonds is 5. The van der Waals surface area contributed by atoms with Crippen molar-refractivity contribution in [1.82, 2.24) is 0 Å². The number of nitrogens with one attached hydrogen (secondary N) is 1. The number of anilines is 1. The first kappa shape index (κ1) is 14.6. The van der Waals surface area contributed by atoms with E-state index >= 15 is 0 Å². The van der Waals surface area contributed by atoms with Crippen LogP contribution in [0.15, 0.2) is 58.3 Å². The average molecular weight is 286 g/mol. The fourth-order valence-electron chi connectivity index (χ4n) is 1.78. The Morgan fingerprint density at radius 3 is 2.55 bits per heavy atom. The minimum Gasteiger partial charge on any atom is -0.325 e. The Morgan fingerprint density at radius 2 is 1.90 bits per heavy atom. The number of hydrogen-bond donors (Lipinski definition) is 2. The smallest absolute Gasteiger partial charge is 0.238 e. The molecule has 0 aliphatic heterocycles. The van der Waals surface area contributed by atoms with Gasteiger partial charge in [0, 0.05) is 15.5 Å². The number of nitrogens with two attached hydrogens (primary N) is 1. The van der Waals surface area contributed by atoms with Crippen molar-refractivity contribution in [2.75, 3.05) is 11.9 Å². The number of carbonyl (C=O) groups excluding carboxylic acids is 1. The maximum atomic E-state index is 11.3. The highest BCUT2D eigenvalue weighted by Gasteiger charge is 2.02. The molecule has 0 saturated carbocycles. The first-order valence-electron chi connectivity index (χ1n) is 6.58. The Kier molecular flexibility index (Phi) is 5.21. The Hall–Kier alpha value is -1.78. The topological polar surface area (TPSA) is 55.1 Å². The van der Waals surface area contributed by atoms with Gasteiger partial charge in [0.2, 0.25) is 5.91 Å². The number of amides is 1. The molecule has 0 atom stereocenters. The first-order chi connectivity index (χ1) is 9.71. The summed E-state index contributed by atoms with van der Waals surface area (Å²) in [6.45, 7) is 2.14. The predicted octanol–water partition coefficient (Wildman–Crippen LogP) is 3.30. The van der Waals surface area contributed by atoms with Gasteiger partial charge in [0.15, 0.2) is 0 Å². The van der Waals surface area contributed by atoms with Crippen molar-refractivity contribution in [2.24, 2.45) is 5.73 Å². The molecule has 0 aliphatic rings. The highest BCUT2D eigenvalue weighted by molar-refractivity contribution is 7.99. The summed E-state index contributed by atoms with van der Waals surface area (Å²) in [4.78, 5) is 13.6. The third kappa shape index (κ3) is 4.11.